The number of methoxy groups -OCH3 is 1. The van der Waals surface area contributed by atoms with Crippen molar-refractivity contribution < 1.29 is 4.74 Å². The topological polar surface area (TPSA) is 56.1 Å². The molecule has 6 nitrogen and oxygen atoms in total. The summed E-state index contributed by atoms with van der Waals surface area (Å²) in [5, 5.41) is 7.52. The summed E-state index contributed by atoms with van der Waals surface area (Å²) in [6.45, 7) is 2.71. The molecule has 0 N–H and O–H groups in total. The van der Waals surface area contributed by atoms with Crippen LogP contribution < -0.4 is 4.74 Å². The summed E-state index contributed by atoms with van der Waals surface area (Å²) < 4.78 is 7.36. The Hall–Kier alpha value is -2.25. The van der Waals surface area contributed by atoms with Gasteiger partial charge < -0.3 is 4.74 Å². The summed E-state index contributed by atoms with van der Waals surface area (Å²) in [4.78, 5) is 11.1. The number of benzene rings is 1. The van der Waals surface area contributed by atoms with Crippen molar-refractivity contribution >= 4 is 11.3 Å². The van der Waals surface area contributed by atoms with Gasteiger partial charge in [-0.3, -0.25) is 4.90 Å². The lowest BCUT2D eigenvalue weighted by molar-refractivity contribution is 0.140. The van der Waals surface area contributed by atoms with Gasteiger partial charge in [-0.1, -0.05) is 12.5 Å². The molecule has 0 aliphatic carbocycles. The van der Waals surface area contributed by atoms with Gasteiger partial charge in [-0.2, -0.15) is 5.10 Å². The van der Waals surface area contributed by atoms with E-state index in [1.165, 1.54) is 29.8 Å². The number of ether oxygens (including phenoxy) is 1. The summed E-state index contributed by atoms with van der Waals surface area (Å²) >= 11 is 1.76. The third-order valence-corrected chi connectivity index (χ3v) is 5.76. The highest BCUT2D eigenvalue weighted by molar-refractivity contribution is 7.09. The van der Waals surface area contributed by atoms with Gasteiger partial charge in [0, 0.05) is 23.7 Å². The van der Waals surface area contributed by atoms with Crippen molar-refractivity contribution in [2.45, 2.75) is 38.4 Å². The average molecular weight is 369 g/mol. The summed E-state index contributed by atoms with van der Waals surface area (Å²) in [7, 11) is 1.71. The number of aromatic nitrogens is 4. The Morgan fingerprint density at radius 1 is 1.27 bits per heavy atom. The minimum Gasteiger partial charge on any atom is -0.496 e. The first-order valence-electron chi connectivity index (χ1n) is 8.95. The van der Waals surface area contributed by atoms with E-state index in [0.29, 0.717) is 12.6 Å². The maximum atomic E-state index is 5.54. The fourth-order valence-electron chi connectivity index (χ4n) is 3.64. The predicted octanol–water partition coefficient (Wildman–Crippen LogP) is 3.52. The smallest absolute Gasteiger partial charge is 0.137 e. The molecule has 0 spiro atoms. The molecule has 1 saturated heterocycles. The monoisotopic (exact) mass is 369 g/mol. The number of likely N-dealkylation sites (tertiary alicyclic amines) is 1. The van der Waals surface area contributed by atoms with Gasteiger partial charge in [0.15, 0.2) is 0 Å². The molecule has 1 aliphatic heterocycles. The summed E-state index contributed by atoms with van der Waals surface area (Å²) in [5.41, 5.74) is 2.42. The molecule has 0 amide bonds. The van der Waals surface area contributed by atoms with Gasteiger partial charge in [-0.25, -0.2) is 14.6 Å². The van der Waals surface area contributed by atoms with Crippen LogP contribution in [0.2, 0.25) is 0 Å². The molecule has 26 heavy (non-hydrogen) atoms. The first-order chi connectivity index (χ1) is 12.8. The van der Waals surface area contributed by atoms with Crippen LogP contribution in [0, 0.1) is 0 Å². The fraction of sp³-hybridized carbons (Fsp3) is 0.421. The molecule has 3 aromatic rings. The highest BCUT2D eigenvalue weighted by atomic mass is 32.1. The fourth-order valence-corrected chi connectivity index (χ4v) is 4.44. The summed E-state index contributed by atoms with van der Waals surface area (Å²) in [5.74, 6) is 0.888. The van der Waals surface area contributed by atoms with E-state index in [9.17, 15) is 0 Å². The van der Waals surface area contributed by atoms with Crippen LogP contribution in [-0.4, -0.2) is 38.3 Å². The van der Waals surface area contributed by atoms with Gasteiger partial charge in [0.2, 0.25) is 0 Å². The molecule has 1 atom stereocenters. The maximum absolute atomic E-state index is 5.54. The predicted molar refractivity (Wildman–Crippen MR) is 101 cm³/mol. The lowest BCUT2D eigenvalue weighted by Gasteiger charge is -2.34. The lowest BCUT2D eigenvalue weighted by atomic mass is 10.0. The number of piperidine rings is 1. The number of hydrogen-bond donors (Lipinski definition) is 0. The van der Waals surface area contributed by atoms with Crippen molar-refractivity contribution in [2.75, 3.05) is 13.7 Å². The Kier molecular flexibility index (Phi) is 5.26. The number of hydrogen-bond acceptors (Lipinski definition) is 6. The Morgan fingerprint density at radius 2 is 2.23 bits per heavy atom. The zero-order valence-electron chi connectivity index (χ0n) is 14.9. The van der Waals surface area contributed by atoms with E-state index in [2.05, 4.69) is 43.5 Å². The third-order valence-electron chi connectivity index (χ3n) is 4.88. The number of thiazole rings is 1. The van der Waals surface area contributed by atoms with Crippen LogP contribution in [0.3, 0.4) is 0 Å². The lowest BCUT2D eigenvalue weighted by Crippen LogP contribution is -2.32. The third kappa shape index (κ3) is 3.78. The van der Waals surface area contributed by atoms with E-state index in [1.54, 1.807) is 31.1 Å². The summed E-state index contributed by atoms with van der Waals surface area (Å²) in [6, 6.07) is 6.89. The van der Waals surface area contributed by atoms with Gasteiger partial charge in [0.05, 0.1) is 19.7 Å². The van der Waals surface area contributed by atoms with Crippen LogP contribution in [0.1, 0.15) is 41.4 Å². The van der Waals surface area contributed by atoms with E-state index in [1.807, 2.05) is 10.9 Å². The molecule has 7 heteroatoms. The van der Waals surface area contributed by atoms with Crippen LogP contribution in [0.5, 0.6) is 5.75 Å². The molecule has 136 valence electrons. The van der Waals surface area contributed by atoms with Crippen LogP contribution in [-0.2, 0) is 13.1 Å². The Balaban J connectivity index is 1.55. The first-order valence-corrected chi connectivity index (χ1v) is 9.83. The molecule has 0 radical (unpaired) electrons. The van der Waals surface area contributed by atoms with Gasteiger partial charge in [0.1, 0.15) is 23.4 Å². The van der Waals surface area contributed by atoms with Crippen molar-refractivity contribution in [2.24, 2.45) is 0 Å². The van der Waals surface area contributed by atoms with Crippen LogP contribution in [0.25, 0.3) is 0 Å². The zero-order valence-corrected chi connectivity index (χ0v) is 15.7. The van der Waals surface area contributed by atoms with Crippen molar-refractivity contribution in [3.63, 3.8) is 0 Å². The van der Waals surface area contributed by atoms with Crippen molar-refractivity contribution in [3.8, 4) is 5.75 Å². The second-order valence-electron chi connectivity index (χ2n) is 6.59. The largest absolute Gasteiger partial charge is 0.496 e. The molecular formula is C19H23N5OS. The van der Waals surface area contributed by atoms with Gasteiger partial charge in [-0.15, -0.1) is 11.3 Å². The van der Waals surface area contributed by atoms with Gasteiger partial charge in [0.25, 0.3) is 0 Å². The standard InChI is InChI=1S/C19H23N5OS/c1-25-18-6-5-15(10-16(18)12-24-14-20-13-22-24)11-23-8-3-2-4-17(23)19-21-7-9-26-19/h5-7,9-10,13-14,17H,2-4,8,11-12H2,1H3. The maximum Gasteiger partial charge on any atom is 0.137 e. The number of nitrogens with zero attached hydrogens (tertiary/aromatic N) is 5. The quantitative estimate of drug-likeness (QED) is 0.665. The molecule has 1 aliphatic rings. The van der Waals surface area contributed by atoms with E-state index in [0.717, 1.165) is 24.4 Å². The molecular weight excluding hydrogens is 346 g/mol. The minimum absolute atomic E-state index is 0.435. The number of rotatable bonds is 6. The van der Waals surface area contributed by atoms with Crippen LogP contribution in [0.15, 0.2) is 42.4 Å². The SMILES string of the molecule is COc1ccc(CN2CCCCC2c2nccs2)cc1Cn1cncn1. The van der Waals surface area contributed by atoms with Crippen molar-refractivity contribution in [3.05, 3.63) is 58.6 Å². The van der Waals surface area contributed by atoms with Crippen LogP contribution in [0.4, 0.5) is 0 Å². The molecule has 4 rings (SSSR count). The van der Waals surface area contributed by atoms with E-state index in [4.69, 9.17) is 4.74 Å². The van der Waals surface area contributed by atoms with Crippen LogP contribution >= 0.6 is 11.3 Å². The second kappa shape index (κ2) is 7.97. The van der Waals surface area contributed by atoms with Crippen molar-refractivity contribution in [1.29, 1.82) is 0 Å². The molecule has 1 aromatic carbocycles. The highest BCUT2D eigenvalue weighted by Crippen LogP contribution is 2.33. The summed E-state index contributed by atoms with van der Waals surface area (Å²) in [6.07, 6.45) is 8.93. The zero-order chi connectivity index (χ0) is 17.8. The molecule has 0 bridgehead atoms. The Bertz CT molecular complexity index is 819. The molecule has 1 fully saturated rings. The van der Waals surface area contributed by atoms with Gasteiger partial charge in [-0.05, 0) is 37.1 Å². The van der Waals surface area contributed by atoms with Gasteiger partial charge >= 0.3 is 0 Å². The highest BCUT2D eigenvalue weighted by Gasteiger charge is 2.26. The normalized spacial score (nSPS) is 18.1. The van der Waals surface area contributed by atoms with E-state index < -0.39 is 0 Å². The second-order valence-corrected chi connectivity index (χ2v) is 7.52. The average Bonchev–Trinajstić information content (AvgIpc) is 3.36. The Labute approximate surface area is 157 Å². The Morgan fingerprint density at radius 3 is 3.00 bits per heavy atom. The first kappa shape index (κ1) is 17.2. The van der Waals surface area contributed by atoms with Crippen molar-refractivity contribution in [1.82, 2.24) is 24.6 Å². The molecule has 3 heterocycles. The molecule has 2 aromatic heterocycles. The molecule has 0 saturated carbocycles. The van der Waals surface area contributed by atoms with E-state index in [-0.39, 0.29) is 0 Å². The minimum atomic E-state index is 0.435. The molecule has 1 unspecified atom stereocenters. The van der Waals surface area contributed by atoms with E-state index >= 15 is 0 Å².